The molecule has 0 saturated carbocycles. The van der Waals surface area contributed by atoms with Gasteiger partial charge in [-0.15, -0.1) is 0 Å². The van der Waals surface area contributed by atoms with Crippen molar-refractivity contribution >= 4 is 0 Å². The zero-order chi connectivity index (χ0) is 14.8. The Balaban J connectivity index is 2.17. The fourth-order valence-corrected chi connectivity index (χ4v) is 2.84. The van der Waals surface area contributed by atoms with Gasteiger partial charge in [-0.3, -0.25) is 4.90 Å². The van der Waals surface area contributed by atoms with Crippen molar-refractivity contribution < 1.29 is 0 Å². The fraction of sp³-hybridized carbons (Fsp3) is 0.867. The van der Waals surface area contributed by atoms with E-state index in [0.29, 0.717) is 0 Å². The zero-order valence-corrected chi connectivity index (χ0v) is 13.6. The number of nitrogens with zero attached hydrogens (tertiary/aromatic N) is 4. The van der Waals surface area contributed by atoms with Crippen LogP contribution in [0.15, 0.2) is 6.33 Å². The van der Waals surface area contributed by atoms with Crippen LogP contribution in [-0.4, -0.2) is 43.8 Å². The summed E-state index contributed by atoms with van der Waals surface area (Å²) in [4.78, 5) is 7.04. The number of hydrogen-bond donors (Lipinski definition) is 1. The quantitative estimate of drug-likeness (QED) is 0.896. The second-order valence-corrected chi connectivity index (χ2v) is 6.84. The average molecular weight is 279 g/mol. The van der Waals surface area contributed by atoms with Crippen molar-refractivity contribution in [1.82, 2.24) is 25.0 Å². The molecule has 5 nitrogen and oxygen atoms in total. The van der Waals surface area contributed by atoms with Gasteiger partial charge in [-0.05, 0) is 33.6 Å². The average Bonchev–Trinajstić information content (AvgIpc) is 2.82. The normalized spacial score (nSPS) is 26.9. The van der Waals surface area contributed by atoms with E-state index in [4.69, 9.17) is 0 Å². The molecule has 2 heterocycles. The molecular weight excluding hydrogens is 250 g/mol. The third kappa shape index (κ3) is 3.20. The highest BCUT2D eigenvalue weighted by Gasteiger charge is 2.39. The predicted molar refractivity (Wildman–Crippen MR) is 81.5 cm³/mol. The first-order valence-corrected chi connectivity index (χ1v) is 7.77. The van der Waals surface area contributed by atoms with Crippen LogP contribution < -0.4 is 5.32 Å². The molecular formula is C15H29N5. The van der Waals surface area contributed by atoms with Gasteiger partial charge < -0.3 is 5.32 Å². The summed E-state index contributed by atoms with van der Waals surface area (Å²) in [5, 5.41) is 8.01. The summed E-state index contributed by atoms with van der Waals surface area (Å²) in [5.41, 5.74) is 0.350. The molecule has 1 aliphatic rings. The summed E-state index contributed by atoms with van der Waals surface area (Å²) in [6.45, 7) is 15.2. The van der Waals surface area contributed by atoms with Gasteiger partial charge in [-0.1, -0.05) is 13.8 Å². The van der Waals surface area contributed by atoms with Crippen LogP contribution in [0.3, 0.4) is 0 Å². The van der Waals surface area contributed by atoms with Crippen LogP contribution in [0.4, 0.5) is 0 Å². The topological polar surface area (TPSA) is 46.0 Å². The molecule has 1 saturated heterocycles. The highest BCUT2D eigenvalue weighted by molar-refractivity contribution is 5.01. The fourth-order valence-electron chi connectivity index (χ4n) is 2.84. The van der Waals surface area contributed by atoms with Gasteiger partial charge in [-0.2, -0.15) is 5.10 Å². The lowest BCUT2D eigenvalue weighted by Gasteiger charge is -2.51. The van der Waals surface area contributed by atoms with Crippen molar-refractivity contribution in [3.8, 4) is 0 Å². The Labute approximate surface area is 122 Å². The molecule has 0 aromatic carbocycles. The Morgan fingerprint density at radius 2 is 2.05 bits per heavy atom. The maximum absolute atomic E-state index is 4.47. The van der Waals surface area contributed by atoms with Gasteiger partial charge in [0.1, 0.15) is 12.2 Å². The van der Waals surface area contributed by atoms with Crippen LogP contribution in [0.5, 0.6) is 0 Å². The van der Waals surface area contributed by atoms with Crippen LogP contribution in [0, 0.1) is 0 Å². The Hall–Kier alpha value is -0.940. The first-order valence-electron chi connectivity index (χ1n) is 7.77. The Kier molecular flexibility index (Phi) is 4.49. The molecule has 114 valence electrons. The molecule has 0 bridgehead atoms. The second kappa shape index (κ2) is 5.82. The number of aromatic nitrogens is 3. The maximum Gasteiger partial charge on any atom is 0.141 e. The third-order valence-electron chi connectivity index (χ3n) is 4.52. The van der Waals surface area contributed by atoms with Gasteiger partial charge in [-0.25, -0.2) is 9.67 Å². The van der Waals surface area contributed by atoms with E-state index >= 15 is 0 Å². The standard InChI is InChI=1S/C15H29N5/c1-6-8-20-13(16-12-18-20)9-19-11-14(3,4)17-10-15(19,5)7-2/h12,17H,6-11H2,1-5H3. The molecule has 1 fully saturated rings. The highest BCUT2D eigenvalue weighted by atomic mass is 15.4. The van der Waals surface area contributed by atoms with E-state index in [9.17, 15) is 0 Å². The van der Waals surface area contributed by atoms with Gasteiger partial charge in [0.05, 0.1) is 6.54 Å². The smallest absolute Gasteiger partial charge is 0.141 e. The number of rotatable bonds is 5. The van der Waals surface area contributed by atoms with Crippen molar-refractivity contribution in [2.75, 3.05) is 13.1 Å². The number of piperazine rings is 1. The minimum atomic E-state index is 0.157. The summed E-state index contributed by atoms with van der Waals surface area (Å²) in [5.74, 6) is 1.09. The van der Waals surface area contributed by atoms with Crippen LogP contribution in [0.25, 0.3) is 0 Å². The second-order valence-electron chi connectivity index (χ2n) is 6.84. The van der Waals surface area contributed by atoms with Gasteiger partial charge in [0, 0.05) is 30.7 Å². The first-order chi connectivity index (χ1) is 9.40. The summed E-state index contributed by atoms with van der Waals surface area (Å²) in [6, 6.07) is 0. The molecule has 1 aromatic heterocycles. The predicted octanol–water partition coefficient (Wildman–Crippen LogP) is 2.04. The molecule has 0 radical (unpaired) electrons. The van der Waals surface area contributed by atoms with Gasteiger partial charge in [0.15, 0.2) is 0 Å². The van der Waals surface area contributed by atoms with Crippen molar-refractivity contribution in [3.05, 3.63) is 12.2 Å². The summed E-state index contributed by atoms with van der Waals surface area (Å²) in [7, 11) is 0. The van der Waals surface area contributed by atoms with Crippen molar-refractivity contribution in [2.24, 2.45) is 0 Å². The van der Waals surface area contributed by atoms with Crippen LogP contribution in [0.2, 0.25) is 0 Å². The van der Waals surface area contributed by atoms with E-state index in [1.807, 2.05) is 4.68 Å². The lowest BCUT2D eigenvalue weighted by Crippen LogP contribution is -2.66. The Morgan fingerprint density at radius 1 is 1.30 bits per heavy atom. The Bertz CT molecular complexity index is 439. The summed E-state index contributed by atoms with van der Waals surface area (Å²) >= 11 is 0. The van der Waals surface area contributed by atoms with Crippen LogP contribution >= 0.6 is 0 Å². The SMILES string of the molecule is CCCn1ncnc1CN1CC(C)(C)NCC1(C)CC. The maximum atomic E-state index is 4.47. The van der Waals surface area contributed by atoms with Crippen LogP contribution in [0.1, 0.15) is 53.3 Å². The molecule has 1 unspecified atom stereocenters. The highest BCUT2D eigenvalue weighted by Crippen LogP contribution is 2.28. The van der Waals surface area contributed by atoms with E-state index in [1.165, 1.54) is 0 Å². The summed E-state index contributed by atoms with van der Waals surface area (Å²) < 4.78 is 2.05. The lowest BCUT2D eigenvalue weighted by atomic mass is 9.88. The molecule has 1 atom stereocenters. The van der Waals surface area contributed by atoms with Gasteiger partial charge in [0.2, 0.25) is 0 Å². The van der Waals surface area contributed by atoms with E-state index in [2.05, 4.69) is 54.9 Å². The molecule has 5 heteroatoms. The molecule has 1 N–H and O–H groups in total. The molecule has 0 spiro atoms. The molecule has 0 aliphatic carbocycles. The molecule has 1 aromatic rings. The number of nitrogens with one attached hydrogen (secondary N) is 1. The van der Waals surface area contributed by atoms with E-state index in [-0.39, 0.29) is 11.1 Å². The monoisotopic (exact) mass is 279 g/mol. The van der Waals surface area contributed by atoms with Gasteiger partial charge >= 0.3 is 0 Å². The first kappa shape index (κ1) is 15.4. The largest absolute Gasteiger partial charge is 0.309 e. The van der Waals surface area contributed by atoms with Crippen molar-refractivity contribution in [1.29, 1.82) is 0 Å². The van der Waals surface area contributed by atoms with E-state index in [1.54, 1.807) is 6.33 Å². The van der Waals surface area contributed by atoms with E-state index in [0.717, 1.165) is 44.8 Å². The van der Waals surface area contributed by atoms with Gasteiger partial charge in [0.25, 0.3) is 0 Å². The number of hydrogen-bond acceptors (Lipinski definition) is 4. The number of aryl methyl sites for hydroxylation is 1. The van der Waals surface area contributed by atoms with Crippen molar-refractivity contribution in [3.63, 3.8) is 0 Å². The van der Waals surface area contributed by atoms with E-state index < -0.39 is 0 Å². The molecule has 0 amide bonds. The summed E-state index contributed by atoms with van der Waals surface area (Å²) in [6.07, 6.45) is 3.91. The molecule has 2 rings (SSSR count). The zero-order valence-electron chi connectivity index (χ0n) is 13.6. The Morgan fingerprint density at radius 3 is 2.70 bits per heavy atom. The molecule has 1 aliphatic heterocycles. The minimum Gasteiger partial charge on any atom is -0.309 e. The minimum absolute atomic E-state index is 0.157. The third-order valence-corrected chi connectivity index (χ3v) is 4.52. The van der Waals surface area contributed by atoms with Crippen LogP contribution in [-0.2, 0) is 13.1 Å². The molecule has 20 heavy (non-hydrogen) atoms. The lowest BCUT2D eigenvalue weighted by molar-refractivity contribution is 0.0145. The van der Waals surface area contributed by atoms with Crippen molar-refractivity contribution in [2.45, 2.75) is 71.6 Å².